The van der Waals surface area contributed by atoms with Gasteiger partial charge in [0, 0.05) is 38.2 Å². The molecule has 2 unspecified atom stereocenters. The van der Waals surface area contributed by atoms with Crippen LogP contribution in [0, 0.1) is 5.92 Å². The zero-order chi connectivity index (χ0) is 16.0. The summed E-state index contributed by atoms with van der Waals surface area (Å²) in [6, 6.07) is 11.7. The minimum atomic E-state index is -0.717. The molecule has 2 fully saturated rings. The maximum absolute atomic E-state index is 13.1. The lowest BCUT2D eigenvalue weighted by molar-refractivity contribution is 0.0908. The maximum atomic E-state index is 13.1. The van der Waals surface area contributed by atoms with Gasteiger partial charge in [0.25, 0.3) is 0 Å². The molecule has 0 N–H and O–H groups in total. The largest absolute Gasteiger partial charge is 0.496 e. The maximum Gasteiger partial charge on any atom is 0.166 e. The monoisotopic (exact) mass is 328 g/mol. The van der Waals surface area contributed by atoms with Crippen LogP contribution in [0.25, 0.3) is 10.8 Å². The van der Waals surface area contributed by atoms with Gasteiger partial charge in [-0.1, -0.05) is 24.3 Å². The number of hydrogen-bond acceptors (Lipinski definition) is 3. The van der Waals surface area contributed by atoms with Crippen molar-refractivity contribution in [3.8, 4) is 5.75 Å². The zero-order valence-corrected chi connectivity index (χ0v) is 14.0. The Balaban J connectivity index is 1.72. The average molecular weight is 328 g/mol. The second-order valence-corrected chi connectivity index (χ2v) is 8.53. The lowest BCUT2D eigenvalue weighted by atomic mass is 9.88. The molecular formula is C19H20O3S. The fraction of sp³-hybridized carbons (Fsp3) is 0.421. The highest BCUT2D eigenvalue weighted by Crippen LogP contribution is 2.41. The van der Waals surface area contributed by atoms with Crippen molar-refractivity contribution >= 4 is 27.4 Å². The Morgan fingerprint density at radius 2 is 1.70 bits per heavy atom. The van der Waals surface area contributed by atoms with Crippen molar-refractivity contribution in [2.75, 3.05) is 7.11 Å². The molecule has 2 aliphatic rings. The molecule has 0 amide bonds. The van der Waals surface area contributed by atoms with Crippen LogP contribution in [0.1, 0.15) is 36.0 Å². The molecule has 2 aromatic rings. The van der Waals surface area contributed by atoms with E-state index in [1.165, 1.54) is 0 Å². The first kappa shape index (κ1) is 14.9. The Labute approximate surface area is 138 Å². The van der Waals surface area contributed by atoms with E-state index in [1.54, 1.807) is 7.11 Å². The molecule has 120 valence electrons. The Kier molecular flexibility index (Phi) is 3.72. The van der Waals surface area contributed by atoms with Crippen LogP contribution in [0.3, 0.4) is 0 Å². The first-order valence-corrected chi connectivity index (χ1v) is 9.46. The van der Waals surface area contributed by atoms with Gasteiger partial charge in [-0.2, -0.15) is 0 Å². The molecule has 2 atom stereocenters. The smallest absolute Gasteiger partial charge is 0.166 e. The molecule has 3 nitrogen and oxygen atoms in total. The van der Waals surface area contributed by atoms with Crippen LogP contribution in [-0.4, -0.2) is 27.6 Å². The van der Waals surface area contributed by atoms with E-state index < -0.39 is 10.8 Å². The topological polar surface area (TPSA) is 43.4 Å². The van der Waals surface area contributed by atoms with Crippen molar-refractivity contribution < 1.29 is 13.7 Å². The van der Waals surface area contributed by atoms with E-state index in [-0.39, 0.29) is 22.2 Å². The number of hydrogen-bond donors (Lipinski definition) is 0. The van der Waals surface area contributed by atoms with Crippen molar-refractivity contribution in [2.24, 2.45) is 5.92 Å². The van der Waals surface area contributed by atoms with E-state index >= 15 is 0 Å². The van der Waals surface area contributed by atoms with Gasteiger partial charge in [-0.3, -0.25) is 9.00 Å². The normalized spacial score (nSPS) is 29.6. The number of ether oxygens (including phenoxy) is 1. The van der Waals surface area contributed by atoms with Gasteiger partial charge in [-0.25, -0.2) is 0 Å². The summed E-state index contributed by atoms with van der Waals surface area (Å²) in [4.78, 5) is 13.1. The number of methoxy groups -OCH3 is 1. The number of carbonyl (C=O) groups excluding carboxylic acids is 1. The highest BCUT2D eigenvalue weighted by molar-refractivity contribution is 7.86. The quantitative estimate of drug-likeness (QED) is 0.807. The minimum absolute atomic E-state index is 0.0157. The number of carbonyl (C=O) groups is 1. The SMILES string of the molecule is COc1ccc(C(=O)C2CC3CCC(C2)S3=O)c2ccccc12. The number of fused-ring (bicyclic) bond motifs is 3. The summed E-state index contributed by atoms with van der Waals surface area (Å²) in [5, 5.41) is 2.39. The van der Waals surface area contributed by atoms with E-state index in [0.717, 1.165) is 47.8 Å². The second-order valence-electron chi connectivity index (χ2n) is 6.54. The van der Waals surface area contributed by atoms with Crippen LogP contribution < -0.4 is 4.74 Å². The zero-order valence-electron chi connectivity index (χ0n) is 13.2. The first-order chi connectivity index (χ1) is 11.2. The molecule has 23 heavy (non-hydrogen) atoms. The van der Waals surface area contributed by atoms with Crippen molar-refractivity contribution in [3.63, 3.8) is 0 Å². The molecule has 2 heterocycles. The Morgan fingerprint density at radius 3 is 2.35 bits per heavy atom. The summed E-state index contributed by atoms with van der Waals surface area (Å²) >= 11 is 0. The highest BCUT2D eigenvalue weighted by Gasteiger charge is 2.43. The first-order valence-electron chi connectivity index (χ1n) is 8.18. The second kappa shape index (κ2) is 5.75. The summed E-state index contributed by atoms with van der Waals surface area (Å²) in [6.45, 7) is 0. The van der Waals surface area contributed by atoms with Gasteiger partial charge in [0.1, 0.15) is 5.75 Å². The third kappa shape index (κ3) is 2.40. The lowest BCUT2D eigenvalue weighted by Gasteiger charge is -2.26. The van der Waals surface area contributed by atoms with Crippen LogP contribution >= 0.6 is 0 Å². The van der Waals surface area contributed by atoms with Crippen LogP contribution in [0.15, 0.2) is 36.4 Å². The third-order valence-electron chi connectivity index (χ3n) is 5.30. The molecule has 2 aliphatic heterocycles. The average Bonchev–Trinajstić information content (AvgIpc) is 2.81. The van der Waals surface area contributed by atoms with Gasteiger partial charge in [-0.05, 0) is 43.2 Å². The summed E-state index contributed by atoms with van der Waals surface area (Å²) in [7, 11) is 0.934. The predicted octanol–water partition coefficient (Wildman–Crippen LogP) is 3.72. The number of benzene rings is 2. The lowest BCUT2D eigenvalue weighted by Crippen LogP contribution is -2.32. The van der Waals surface area contributed by atoms with Gasteiger partial charge >= 0.3 is 0 Å². The van der Waals surface area contributed by atoms with E-state index in [1.807, 2.05) is 36.4 Å². The standard InChI is InChI=1S/C19H20O3S/c1-22-18-9-8-17(15-4-2-3-5-16(15)18)19(20)12-10-13-6-7-14(11-12)23(13)21/h2-5,8-9,12-14H,6-7,10-11H2,1H3. The van der Waals surface area contributed by atoms with Crippen molar-refractivity contribution in [1.29, 1.82) is 0 Å². The van der Waals surface area contributed by atoms with Gasteiger partial charge < -0.3 is 4.74 Å². The highest BCUT2D eigenvalue weighted by atomic mass is 32.2. The third-order valence-corrected chi connectivity index (χ3v) is 7.47. The molecule has 0 radical (unpaired) electrons. The van der Waals surface area contributed by atoms with Crippen LogP contribution in [0.4, 0.5) is 0 Å². The fourth-order valence-electron chi connectivity index (χ4n) is 4.13. The van der Waals surface area contributed by atoms with Gasteiger partial charge in [0.2, 0.25) is 0 Å². The molecule has 0 aromatic heterocycles. The summed E-state index contributed by atoms with van der Waals surface area (Å²) in [5.41, 5.74) is 0.776. The van der Waals surface area contributed by atoms with Gasteiger partial charge in [0.05, 0.1) is 7.11 Å². The Hall–Kier alpha value is -1.68. The molecule has 0 spiro atoms. The Morgan fingerprint density at radius 1 is 1.04 bits per heavy atom. The van der Waals surface area contributed by atoms with Crippen molar-refractivity contribution in [3.05, 3.63) is 42.0 Å². The summed E-state index contributed by atoms with van der Waals surface area (Å²) < 4.78 is 17.6. The minimum Gasteiger partial charge on any atom is -0.496 e. The number of ketones is 1. The molecule has 2 aromatic carbocycles. The van der Waals surface area contributed by atoms with Gasteiger partial charge in [0.15, 0.2) is 5.78 Å². The van der Waals surface area contributed by atoms with Crippen LogP contribution in [0.2, 0.25) is 0 Å². The van der Waals surface area contributed by atoms with Crippen molar-refractivity contribution in [2.45, 2.75) is 36.2 Å². The van der Waals surface area contributed by atoms with E-state index in [0.29, 0.717) is 0 Å². The fourth-order valence-corrected chi connectivity index (χ4v) is 6.26. The molecule has 4 rings (SSSR count). The van der Waals surface area contributed by atoms with E-state index in [9.17, 15) is 9.00 Å². The summed E-state index contributed by atoms with van der Waals surface area (Å²) in [5.74, 6) is 1.02. The van der Waals surface area contributed by atoms with Crippen molar-refractivity contribution in [1.82, 2.24) is 0 Å². The molecule has 4 heteroatoms. The molecule has 2 saturated heterocycles. The number of rotatable bonds is 3. The van der Waals surface area contributed by atoms with E-state index in [2.05, 4.69) is 0 Å². The molecule has 2 bridgehead atoms. The van der Waals surface area contributed by atoms with Gasteiger partial charge in [-0.15, -0.1) is 0 Å². The number of Topliss-reactive ketones (excluding diaryl/α,β-unsaturated/α-hetero) is 1. The van der Waals surface area contributed by atoms with Crippen LogP contribution in [0.5, 0.6) is 5.75 Å². The van der Waals surface area contributed by atoms with E-state index in [4.69, 9.17) is 4.74 Å². The van der Waals surface area contributed by atoms with Crippen LogP contribution in [-0.2, 0) is 10.8 Å². The Bertz CT molecular complexity index is 782. The predicted molar refractivity (Wildman–Crippen MR) is 92.5 cm³/mol. The molecule has 0 saturated carbocycles. The molecule has 0 aliphatic carbocycles. The molecular weight excluding hydrogens is 308 g/mol. The summed E-state index contributed by atoms with van der Waals surface area (Å²) in [6.07, 6.45) is 3.60.